The summed E-state index contributed by atoms with van der Waals surface area (Å²) in [5, 5.41) is 27.1. The molecule has 0 fully saturated rings. The maximum Gasteiger partial charge on any atom is 0.326 e. The van der Waals surface area contributed by atoms with Crippen LogP contribution in [0.25, 0.3) is 0 Å². The smallest absolute Gasteiger partial charge is 0.326 e. The van der Waals surface area contributed by atoms with Gasteiger partial charge < -0.3 is 31.9 Å². The number of hydrogen-bond acceptors (Lipinski definition) is 6. The standard InChI is InChI=1S/C24H38N4O6/c1-13(2)11-17(21(30)27-18(24(33)34)12-16-9-7-6-8-10-16)26-23(32)20(15(5)29)28-22(31)19(25)14(3)4/h6-10,13-15,17-20,29H,11-12,25H2,1-5H3,(H,26,32)(H,27,30)(H,28,31)(H,33,34)/t15-,17+,18+,19+,20+/m1/s1. The summed E-state index contributed by atoms with van der Waals surface area (Å²) < 4.78 is 0. The lowest BCUT2D eigenvalue weighted by atomic mass is 10.00. The summed E-state index contributed by atoms with van der Waals surface area (Å²) in [6.07, 6.45) is -0.957. The highest BCUT2D eigenvalue weighted by molar-refractivity contribution is 5.94. The normalized spacial score (nSPS) is 15.7. The Morgan fingerprint density at radius 1 is 0.853 bits per heavy atom. The van der Waals surface area contributed by atoms with E-state index in [1.807, 2.05) is 13.8 Å². The van der Waals surface area contributed by atoms with E-state index in [0.29, 0.717) is 0 Å². The highest BCUT2D eigenvalue weighted by Crippen LogP contribution is 2.09. The van der Waals surface area contributed by atoms with Crippen LogP contribution in [0.2, 0.25) is 0 Å². The van der Waals surface area contributed by atoms with Crippen molar-refractivity contribution >= 4 is 23.7 Å². The lowest BCUT2D eigenvalue weighted by Gasteiger charge is -2.27. The number of nitrogens with one attached hydrogen (secondary N) is 3. The molecule has 1 aromatic carbocycles. The SMILES string of the molecule is CC(C)C[C@H](NC(=O)[C@@H](NC(=O)[C@@H](N)C(C)C)[C@@H](C)O)C(=O)N[C@@H](Cc1ccccc1)C(=O)O. The first-order valence-electron chi connectivity index (χ1n) is 11.4. The summed E-state index contributed by atoms with van der Waals surface area (Å²) in [6, 6.07) is 4.39. The van der Waals surface area contributed by atoms with E-state index in [-0.39, 0.29) is 24.7 Å². The fourth-order valence-electron chi connectivity index (χ4n) is 3.24. The van der Waals surface area contributed by atoms with Crippen LogP contribution < -0.4 is 21.7 Å². The molecule has 10 nitrogen and oxygen atoms in total. The van der Waals surface area contributed by atoms with E-state index in [1.165, 1.54) is 6.92 Å². The van der Waals surface area contributed by atoms with Crippen LogP contribution in [0, 0.1) is 11.8 Å². The van der Waals surface area contributed by atoms with Crippen molar-refractivity contribution < 1.29 is 29.4 Å². The van der Waals surface area contributed by atoms with E-state index in [0.717, 1.165) is 5.56 Å². The maximum atomic E-state index is 13.0. The summed E-state index contributed by atoms with van der Waals surface area (Å²) in [7, 11) is 0. The third kappa shape index (κ3) is 9.48. The summed E-state index contributed by atoms with van der Waals surface area (Å²) in [5.41, 5.74) is 6.56. The number of carbonyl (C=O) groups is 4. The van der Waals surface area contributed by atoms with E-state index in [9.17, 15) is 29.4 Å². The van der Waals surface area contributed by atoms with Crippen molar-refractivity contribution in [1.82, 2.24) is 16.0 Å². The van der Waals surface area contributed by atoms with Crippen molar-refractivity contribution in [2.24, 2.45) is 17.6 Å². The van der Waals surface area contributed by atoms with E-state index >= 15 is 0 Å². The monoisotopic (exact) mass is 478 g/mol. The number of carboxylic acids is 1. The molecule has 7 N–H and O–H groups in total. The number of aliphatic carboxylic acids is 1. The quantitative estimate of drug-likeness (QED) is 0.235. The zero-order valence-corrected chi connectivity index (χ0v) is 20.4. The Morgan fingerprint density at radius 3 is 1.88 bits per heavy atom. The van der Waals surface area contributed by atoms with Crippen LogP contribution in [-0.4, -0.2) is 64.2 Å². The molecule has 1 aromatic rings. The fraction of sp³-hybridized carbons (Fsp3) is 0.583. The number of amides is 3. The van der Waals surface area contributed by atoms with Crippen molar-refractivity contribution in [2.45, 2.75) is 77.7 Å². The molecule has 3 amide bonds. The first-order chi connectivity index (χ1) is 15.8. The van der Waals surface area contributed by atoms with Crippen molar-refractivity contribution in [2.75, 3.05) is 0 Å². The summed E-state index contributed by atoms with van der Waals surface area (Å²) >= 11 is 0. The topological polar surface area (TPSA) is 171 Å². The highest BCUT2D eigenvalue weighted by Gasteiger charge is 2.33. The molecule has 0 saturated heterocycles. The fourth-order valence-corrected chi connectivity index (χ4v) is 3.24. The molecule has 0 bridgehead atoms. The number of aliphatic hydroxyl groups is 1. The first kappa shape index (κ1) is 29.1. The number of rotatable bonds is 13. The summed E-state index contributed by atoms with van der Waals surface area (Å²) in [4.78, 5) is 49.9. The van der Waals surface area contributed by atoms with Crippen molar-refractivity contribution in [3.8, 4) is 0 Å². The number of hydrogen-bond donors (Lipinski definition) is 6. The van der Waals surface area contributed by atoms with Gasteiger partial charge in [0.2, 0.25) is 17.7 Å². The van der Waals surface area contributed by atoms with Gasteiger partial charge in [-0.2, -0.15) is 0 Å². The molecule has 34 heavy (non-hydrogen) atoms. The Hall–Kier alpha value is -2.98. The molecule has 0 aliphatic rings. The molecule has 10 heteroatoms. The Morgan fingerprint density at radius 2 is 1.41 bits per heavy atom. The van der Waals surface area contributed by atoms with Gasteiger partial charge in [0.1, 0.15) is 18.1 Å². The minimum absolute atomic E-state index is 0.0117. The van der Waals surface area contributed by atoms with Crippen molar-refractivity contribution in [3.05, 3.63) is 35.9 Å². The third-order valence-corrected chi connectivity index (χ3v) is 5.32. The first-order valence-corrected chi connectivity index (χ1v) is 11.4. The van der Waals surface area contributed by atoms with Gasteiger partial charge in [-0.3, -0.25) is 14.4 Å². The van der Waals surface area contributed by atoms with Gasteiger partial charge in [-0.25, -0.2) is 4.79 Å². The molecule has 5 atom stereocenters. The second-order valence-electron chi connectivity index (χ2n) is 9.28. The second-order valence-corrected chi connectivity index (χ2v) is 9.28. The zero-order chi connectivity index (χ0) is 26.0. The van der Waals surface area contributed by atoms with Gasteiger partial charge in [0.15, 0.2) is 0 Å². The molecule has 1 rings (SSSR count). The summed E-state index contributed by atoms with van der Waals surface area (Å²) in [6.45, 7) is 8.53. The molecular formula is C24H38N4O6. The van der Waals surface area contributed by atoms with Crippen LogP contribution in [0.4, 0.5) is 0 Å². The van der Waals surface area contributed by atoms with Crippen LogP contribution in [0.3, 0.4) is 0 Å². The average molecular weight is 479 g/mol. The van der Waals surface area contributed by atoms with Crippen LogP contribution in [0.1, 0.15) is 46.6 Å². The molecule has 190 valence electrons. The molecule has 0 spiro atoms. The van der Waals surface area contributed by atoms with Crippen LogP contribution in [-0.2, 0) is 25.6 Å². The molecule has 0 aliphatic heterocycles. The second kappa shape index (κ2) is 13.7. The van der Waals surface area contributed by atoms with Gasteiger partial charge in [0.25, 0.3) is 0 Å². The lowest BCUT2D eigenvalue weighted by Crippen LogP contribution is -2.60. The number of carboxylic acid groups (broad SMARTS) is 1. The molecule has 0 heterocycles. The molecule has 0 aromatic heterocycles. The minimum Gasteiger partial charge on any atom is -0.480 e. The molecule has 0 saturated carbocycles. The van der Waals surface area contributed by atoms with E-state index in [2.05, 4.69) is 16.0 Å². The predicted octanol–water partition coefficient (Wildman–Crippen LogP) is 0.178. The highest BCUT2D eigenvalue weighted by atomic mass is 16.4. The lowest BCUT2D eigenvalue weighted by molar-refractivity contribution is -0.142. The van der Waals surface area contributed by atoms with E-state index in [1.54, 1.807) is 44.2 Å². The number of nitrogens with two attached hydrogens (primary N) is 1. The van der Waals surface area contributed by atoms with E-state index < -0.39 is 54.0 Å². The maximum absolute atomic E-state index is 13.0. The Bertz CT molecular complexity index is 828. The Kier molecular flexibility index (Phi) is 11.7. The number of benzene rings is 1. The van der Waals surface area contributed by atoms with Gasteiger partial charge in [-0.05, 0) is 30.7 Å². The Balaban J connectivity index is 2.98. The van der Waals surface area contributed by atoms with Crippen molar-refractivity contribution in [1.29, 1.82) is 0 Å². The average Bonchev–Trinajstić information content (AvgIpc) is 2.75. The molecule has 0 aliphatic carbocycles. The largest absolute Gasteiger partial charge is 0.480 e. The van der Waals surface area contributed by atoms with Gasteiger partial charge in [-0.1, -0.05) is 58.0 Å². The van der Waals surface area contributed by atoms with Crippen LogP contribution in [0.5, 0.6) is 0 Å². The Labute approximate surface area is 200 Å². The molecule has 0 unspecified atom stereocenters. The van der Waals surface area contributed by atoms with Crippen LogP contribution >= 0.6 is 0 Å². The number of aliphatic hydroxyl groups excluding tert-OH is 1. The number of carbonyl (C=O) groups excluding carboxylic acids is 3. The minimum atomic E-state index is -1.33. The van der Waals surface area contributed by atoms with Gasteiger partial charge >= 0.3 is 5.97 Å². The van der Waals surface area contributed by atoms with E-state index in [4.69, 9.17) is 5.73 Å². The third-order valence-electron chi connectivity index (χ3n) is 5.32. The summed E-state index contributed by atoms with van der Waals surface area (Å²) in [5.74, 6) is -3.44. The zero-order valence-electron chi connectivity index (χ0n) is 20.4. The van der Waals surface area contributed by atoms with Gasteiger partial charge in [0, 0.05) is 6.42 Å². The predicted molar refractivity (Wildman–Crippen MR) is 128 cm³/mol. The molecular weight excluding hydrogens is 440 g/mol. The van der Waals surface area contributed by atoms with Crippen molar-refractivity contribution in [3.63, 3.8) is 0 Å². The van der Waals surface area contributed by atoms with Crippen LogP contribution in [0.15, 0.2) is 30.3 Å². The van der Waals surface area contributed by atoms with Gasteiger partial charge in [-0.15, -0.1) is 0 Å². The molecule has 0 radical (unpaired) electrons. The van der Waals surface area contributed by atoms with Gasteiger partial charge in [0.05, 0.1) is 12.1 Å².